The summed E-state index contributed by atoms with van der Waals surface area (Å²) in [7, 11) is -3.39. The number of benzene rings is 2. The maximum absolute atomic E-state index is 12.5. The van der Waals surface area contributed by atoms with E-state index in [4.69, 9.17) is 4.74 Å². The van der Waals surface area contributed by atoms with Crippen molar-refractivity contribution >= 4 is 50.8 Å². The lowest BCUT2D eigenvalue weighted by atomic mass is 9.99. The Kier molecular flexibility index (Phi) is 6.25. The van der Waals surface area contributed by atoms with E-state index in [1.165, 1.54) is 16.1 Å². The molecule has 2 aromatic rings. The van der Waals surface area contributed by atoms with Crippen LogP contribution < -0.4 is 9.62 Å². The average Bonchev–Trinajstić information content (AvgIpc) is 2.76. The van der Waals surface area contributed by atoms with Gasteiger partial charge in [0, 0.05) is 17.0 Å². The summed E-state index contributed by atoms with van der Waals surface area (Å²) in [6.07, 6.45) is 2.34. The Morgan fingerprint density at radius 1 is 1.22 bits per heavy atom. The number of carbonyl (C=O) groups excluding carboxylic acids is 3. The molecular weight excluding hydrogens is 452 g/mol. The van der Waals surface area contributed by atoms with Crippen molar-refractivity contribution in [3.63, 3.8) is 0 Å². The van der Waals surface area contributed by atoms with Crippen molar-refractivity contribution in [1.29, 1.82) is 0 Å². The molecule has 4 rings (SSSR count). The lowest BCUT2D eigenvalue weighted by Gasteiger charge is -2.29. The summed E-state index contributed by atoms with van der Waals surface area (Å²) in [5.74, 6) is -1.29. The van der Waals surface area contributed by atoms with Crippen LogP contribution in [0.2, 0.25) is 0 Å². The lowest BCUT2D eigenvalue weighted by Crippen LogP contribution is -2.34. The predicted octanol–water partition coefficient (Wildman–Crippen LogP) is 2.63. The Bertz CT molecular complexity index is 1190. The first-order chi connectivity index (χ1) is 15.2. The van der Waals surface area contributed by atoms with Gasteiger partial charge in [-0.1, -0.05) is 12.1 Å². The number of esters is 1. The summed E-state index contributed by atoms with van der Waals surface area (Å²) in [5.41, 5.74) is 2.41. The van der Waals surface area contributed by atoms with Crippen LogP contribution in [0.5, 0.6) is 0 Å². The van der Waals surface area contributed by atoms with E-state index in [0.717, 1.165) is 16.7 Å². The molecule has 2 aromatic carbocycles. The molecule has 0 radical (unpaired) electrons. The highest BCUT2D eigenvalue weighted by Crippen LogP contribution is 2.36. The van der Waals surface area contributed by atoms with Gasteiger partial charge in [-0.2, -0.15) is 0 Å². The molecule has 0 bridgehead atoms. The minimum Gasteiger partial charge on any atom is -0.457 e. The van der Waals surface area contributed by atoms with E-state index in [9.17, 15) is 22.8 Å². The Balaban J connectivity index is 1.36. The second-order valence-corrected chi connectivity index (χ2v) is 10.8. The summed E-state index contributed by atoms with van der Waals surface area (Å²) < 4.78 is 30.4. The predicted molar refractivity (Wildman–Crippen MR) is 122 cm³/mol. The highest BCUT2D eigenvalue weighted by molar-refractivity contribution is 8.01. The standard InChI is InChI=1S/C22H22N2O6S2/c1-32(28,29)24-10-4-5-14-11-15(8-9-17(14)24)18(25)13-30-21(26)12-20-22(27)23-16-6-2-3-7-19(16)31-20/h2-3,6-9,11,20H,4-5,10,12-13H2,1H3,(H,23,27)/t20-/m1/s1. The van der Waals surface area contributed by atoms with Crippen LogP contribution in [0.3, 0.4) is 0 Å². The number of Topliss-reactive ketones (excluding diaryl/α,β-unsaturated/α-hetero) is 1. The molecule has 1 atom stereocenters. The third kappa shape index (κ3) is 4.81. The second kappa shape index (κ2) is 8.95. The molecule has 0 fully saturated rings. The highest BCUT2D eigenvalue weighted by Gasteiger charge is 2.30. The lowest BCUT2D eigenvalue weighted by molar-refractivity contribution is -0.143. The van der Waals surface area contributed by atoms with Crippen LogP contribution in [0.25, 0.3) is 0 Å². The number of sulfonamides is 1. The molecule has 32 heavy (non-hydrogen) atoms. The Labute approximate surface area is 190 Å². The quantitative estimate of drug-likeness (QED) is 0.506. The van der Waals surface area contributed by atoms with Gasteiger partial charge in [0.2, 0.25) is 15.9 Å². The molecule has 10 heteroatoms. The molecule has 8 nitrogen and oxygen atoms in total. The topological polar surface area (TPSA) is 110 Å². The number of carbonyl (C=O) groups is 3. The maximum Gasteiger partial charge on any atom is 0.307 e. The van der Waals surface area contributed by atoms with Crippen LogP contribution >= 0.6 is 11.8 Å². The molecule has 168 valence electrons. The normalized spacial score (nSPS) is 17.7. The molecule has 0 spiro atoms. The third-order valence-electron chi connectivity index (χ3n) is 5.30. The van der Waals surface area contributed by atoms with Crippen molar-refractivity contribution in [2.75, 3.05) is 29.0 Å². The zero-order valence-corrected chi connectivity index (χ0v) is 19.0. The fraction of sp³-hybridized carbons (Fsp3) is 0.318. The highest BCUT2D eigenvalue weighted by atomic mass is 32.2. The number of anilines is 2. The van der Waals surface area contributed by atoms with Gasteiger partial charge in [-0.15, -0.1) is 11.8 Å². The molecule has 0 aromatic heterocycles. The number of hydrogen-bond donors (Lipinski definition) is 1. The Hall–Kier alpha value is -2.85. The molecule has 2 aliphatic rings. The van der Waals surface area contributed by atoms with E-state index >= 15 is 0 Å². The molecule has 0 saturated carbocycles. The number of hydrogen-bond acceptors (Lipinski definition) is 7. The first-order valence-corrected chi connectivity index (χ1v) is 12.8. The van der Waals surface area contributed by atoms with Gasteiger partial charge in [0.1, 0.15) is 0 Å². The Morgan fingerprint density at radius 2 is 2.00 bits per heavy atom. The van der Waals surface area contributed by atoms with Gasteiger partial charge < -0.3 is 10.1 Å². The first kappa shape index (κ1) is 22.3. The third-order valence-corrected chi connectivity index (χ3v) is 7.76. The number of rotatable bonds is 6. The van der Waals surface area contributed by atoms with Crippen LogP contribution in [0.1, 0.15) is 28.8 Å². The second-order valence-electron chi connectivity index (χ2n) is 7.66. The van der Waals surface area contributed by atoms with E-state index in [1.807, 2.05) is 18.2 Å². The number of ketones is 1. The number of aryl methyl sites for hydroxylation is 1. The zero-order valence-electron chi connectivity index (χ0n) is 17.4. The summed E-state index contributed by atoms with van der Waals surface area (Å²) in [6, 6.07) is 12.1. The molecule has 1 N–H and O–H groups in total. The fourth-order valence-corrected chi connectivity index (χ4v) is 5.84. The van der Waals surface area contributed by atoms with E-state index in [-0.39, 0.29) is 18.1 Å². The molecule has 1 amide bonds. The summed E-state index contributed by atoms with van der Waals surface area (Å²) in [4.78, 5) is 37.9. The SMILES string of the molecule is CS(=O)(=O)N1CCCc2cc(C(=O)COC(=O)C[C@H]3Sc4ccccc4NC3=O)ccc21. The number of amides is 1. The maximum atomic E-state index is 12.5. The summed E-state index contributed by atoms with van der Waals surface area (Å²) in [6.45, 7) is -0.0308. The number of thioether (sulfide) groups is 1. The van der Waals surface area contributed by atoms with Crippen molar-refractivity contribution in [3.05, 3.63) is 53.6 Å². The monoisotopic (exact) mass is 474 g/mol. The van der Waals surface area contributed by atoms with Crippen LogP contribution in [0.4, 0.5) is 11.4 Å². The molecule has 0 aliphatic carbocycles. The van der Waals surface area contributed by atoms with Gasteiger partial charge in [0.15, 0.2) is 12.4 Å². The number of ether oxygens (including phenoxy) is 1. The number of fused-ring (bicyclic) bond motifs is 2. The molecule has 0 unspecified atom stereocenters. The van der Waals surface area contributed by atoms with Crippen molar-refractivity contribution in [2.45, 2.75) is 29.4 Å². The van der Waals surface area contributed by atoms with E-state index in [0.29, 0.717) is 36.3 Å². The first-order valence-electron chi connectivity index (χ1n) is 10.1. The van der Waals surface area contributed by atoms with E-state index in [1.54, 1.807) is 24.3 Å². The smallest absolute Gasteiger partial charge is 0.307 e. The summed E-state index contributed by atoms with van der Waals surface area (Å²) >= 11 is 1.29. The van der Waals surface area contributed by atoms with Crippen molar-refractivity contribution in [2.24, 2.45) is 0 Å². The minimum atomic E-state index is -3.39. The molecular formula is C22H22N2O6S2. The van der Waals surface area contributed by atoms with Gasteiger partial charge in [0.05, 0.1) is 29.3 Å². The number of nitrogens with one attached hydrogen (secondary N) is 1. The number of nitrogens with zero attached hydrogens (tertiary/aromatic N) is 1. The number of para-hydroxylation sites is 1. The summed E-state index contributed by atoms with van der Waals surface area (Å²) in [5, 5.41) is 2.14. The largest absolute Gasteiger partial charge is 0.457 e. The molecule has 2 heterocycles. The fourth-order valence-electron chi connectivity index (χ4n) is 3.75. The Morgan fingerprint density at radius 3 is 2.78 bits per heavy atom. The van der Waals surface area contributed by atoms with Crippen LogP contribution in [-0.4, -0.2) is 50.7 Å². The van der Waals surface area contributed by atoms with Gasteiger partial charge in [-0.3, -0.25) is 18.7 Å². The van der Waals surface area contributed by atoms with Crippen molar-refractivity contribution in [3.8, 4) is 0 Å². The van der Waals surface area contributed by atoms with Gasteiger partial charge in [-0.25, -0.2) is 8.42 Å². The average molecular weight is 475 g/mol. The molecule has 2 aliphatic heterocycles. The van der Waals surface area contributed by atoms with Crippen LogP contribution in [-0.2, 0) is 30.8 Å². The van der Waals surface area contributed by atoms with Crippen LogP contribution in [0, 0.1) is 0 Å². The zero-order chi connectivity index (χ0) is 22.9. The van der Waals surface area contributed by atoms with Gasteiger partial charge in [-0.05, 0) is 48.7 Å². The van der Waals surface area contributed by atoms with Gasteiger partial charge >= 0.3 is 5.97 Å². The molecule has 0 saturated heterocycles. The van der Waals surface area contributed by atoms with Gasteiger partial charge in [0.25, 0.3) is 0 Å². The van der Waals surface area contributed by atoms with Crippen molar-refractivity contribution in [1.82, 2.24) is 0 Å². The van der Waals surface area contributed by atoms with E-state index in [2.05, 4.69) is 5.32 Å². The van der Waals surface area contributed by atoms with E-state index < -0.39 is 27.8 Å². The van der Waals surface area contributed by atoms with Crippen molar-refractivity contribution < 1.29 is 27.5 Å². The minimum absolute atomic E-state index is 0.147. The van der Waals surface area contributed by atoms with Crippen LogP contribution in [0.15, 0.2) is 47.4 Å².